The number of nitrogens with two attached hydrogens (primary N) is 1. The van der Waals surface area contributed by atoms with Crippen LogP contribution in [0.1, 0.15) is 25.3 Å². The van der Waals surface area contributed by atoms with Gasteiger partial charge >= 0.3 is 6.18 Å². The molecule has 1 atom stereocenters. The van der Waals surface area contributed by atoms with Crippen LogP contribution in [0.25, 0.3) is 0 Å². The lowest BCUT2D eigenvalue weighted by Gasteiger charge is -2.31. The van der Waals surface area contributed by atoms with Gasteiger partial charge in [0, 0.05) is 12.7 Å². The molecule has 0 aromatic carbocycles. The highest BCUT2D eigenvalue weighted by atomic mass is 19.4. The third-order valence-corrected chi connectivity index (χ3v) is 3.42. The fourth-order valence-corrected chi connectivity index (χ4v) is 2.04. The minimum atomic E-state index is -4.41. The summed E-state index contributed by atoms with van der Waals surface area (Å²) in [4.78, 5) is 3.80. The van der Waals surface area contributed by atoms with Crippen LogP contribution < -0.4 is 11.1 Å². The first-order chi connectivity index (χ1) is 8.37. The Kier molecular flexibility index (Phi) is 3.23. The number of nitrogens with one attached hydrogen (secondary N) is 1. The number of rotatable bonds is 4. The van der Waals surface area contributed by atoms with Crippen molar-refractivity contribution in [1.82, 2.24) is 4.98 Å². The molecule has 1 aromatic rings. The van der Waals surface area contributed by atoms with Crippen LogP contribution >= 0.6 is 0 Å². The molecule has 1 heterocycles. The zero-order valence-corrected chi connectivity index (χ0v) is 10.1. The van der Waals surface area contributed by atoms with E-state index >= 15 is 0 Å². The number of hydrogen-bond acceptors (Lipinski definition) is 3. The number of aromatic nitrogens is 1. The van der Waals surface area contributed by atoms with Crippen LogP contribution in [0.2, 0.25) is 0 Å². The predicted octanol–water partition coefficient (Wildman–Crippen LogP) is 2.64. The van der Waals surface area contributed by atoms with Gasteiger partial charge in [-0.25, -0.2) is 4.98 Å². The van der Waals surface area contributed by atoms with Crippen molar-refractivity contribution in [3.8, 4) is 0 Å². The number of hydrogen-bond donors (Lipinski definition) is 2. The van der Waals surface area contributed by atoms with Gasteiger partial charge in [-0.1, -0.05) is 0 Å². The maximum absolute atomic E-state index is 12.8. The summed E-state index contributed by atoms with van der Waals surface area (Å²) in [6, 6.07) is 2.31. The number of pyridine rings is 1. The molecule has 0 radical (unpaired) electrons. The number of halogens is 3. The van der Waals surface area contributed by atoms with Gasteiger partial charge in [0.1, 0.15) is 5.82 Å². The third-order valence-electron chi connectivity index (χ3n) is 3.42. The van der Waals surface area contributed by atoms with Gasteiger partial charge in [-0.05, 0) is 37.8 Å². The van der Waals surface area contributed by atoms with Crippen molar-refractivity contribution >= 4 is 5.82 Å². The van der Waals surface area contributed by atoms with Crippen LogP contribution in [0.5, 0.6) is 0 Å². The van der Waals surface area contributed by atoms with Crippen LogP contribution in [-0.4, -0.2) is 17.1 Å². The molecule has 1 aliphatic carbocycles. The molecule has 3 nitrogen and oxygen atoms in total. The van der Waals surface area contributed by atoms with E-state index in [9.17, 15) is 13.2 Å². The molecule has 1 aliphatic rings. The summed E-state index contributed by atoms with van der Waals surface area (Å²) in [5.74, 6) is 0.190. The van der Waals surface area contributed by atoms with Crippen molar-refractivity contribution in [2.24, 2.45) is 11.7 Å². The zero-order valence-electron chi connectivity index (χ0n) is 10.1. The maximum Gasteiger partial charge on any atom is 0.419 e. The van der Waals surface area contributed by atoms with Crippen LogP contribution in [-0.2, 0) is 6.18 Å². The highest BCUT2D eigenvalue weighted by Gasteiger charge is 2.42. The summed E-state index contributed by atoms with van der Waals surface area (Å²) in [7, 11) is 0. The van der Waals surface area contributed by atoms with Gasteiger partial charge in [0.15, 0.2) is 0 Å². The van der Waals surface area contributed by atoms with Gasteiger partial charge < -0.3 is 11.1 Å². The summed E-state index contributed by atoms with van der Waals surface area (Å²) >= 11 is 0. The average Bonchev–Trinajstić information content (AvgIpc) is 3.12. The molecule has 1 unspecified atom stereocenters. The van der Waals surface area contributed by atoms with E-state index in [-0.39, 0.29) is 12.4 Å². The summed E-state index contributed by atoms with van der Waals surface area (Å²) in [5.41, 5.74) is 4.42. The minimum Gasteiger partial charge on any atom is -0.363 e. The average molecular weight is 259 g/mol. The molecule has 3 N–H and O–H groups in total. The van der Waals surface area contributed by atoms with Crippen molar-refractivity contribution in [2.45, 2.75) is 31.5 Å². The molecule has 1 fully saturated rings. The van der Waals surface area contributed by atoms with E-state index in [0.29, 0.717) is 5.92 Å². The second-order valence-electron chi connectivity index (χ2n) is 4.92. The Hall–Kier alpha value is -1.30. The van der Waals surface area contributed by atoms with E-state index in [1.807, 2.05) is 6.92 Å². The quantitative estimate of drug-likeness (QED) is 0.874. The Morgan fingerprint density at radius 3 is 2.61 bits per heavy atom. The molecule has 0 aliphatic heterocycles. The molecule has 0 bridgehead atoms. The van der Waals surface area contributed by atoms with E-state index < -0.39 is 17.3 Å². The molecular weight excluding hydrogens is 243 g/mol. The van der Waals surface area contributed by atoms with Gasteiger partial charge in [0.2, 0.25) is 0 Å². The second-order valence-corrected chi connectivity index (χ2v) is 4.92. The highest BCUT2D eigenvalue weighted by Crippen LogP contribution is 2.42. The third kappa shape index (κ3) is 2.58. The Bertz CT molecular complexity index is 429. The van der Waals surface area contributed by atoms with Crippen LogP contribution in [0, 0.1) is 5.92 Å². The van der Waals surface area contributed by atoms with Crippen LogP contribution in [0.15, 0.2) is 18.3 Å². The van der Waals surface area contributed by atoms with E-state index in [1.165, 1.54) is 12.3 Å². The molecule has 0 amide bonds. The molecule has 6 heteroatoms. The first-order valence-electron chi connectivity index (χ1n) is 5.87. The van der Waals surface area contributed by atoms with Crippen LogP contribution in [0.3, 0.4) is 0 Å². The molecule has 100 valence electrons. The van der Waals surface area contributed by atoms with Gasteiger partial charge in [-0.15, -0.1) is 0 Å². The largest absolute Gasteiger partial charge is 0.419 e. The first-order valence-corrected chi connectivity index (χ1v) is 5.87. The van der Waals surface area contributed by atoms with Gasteiger partial charge in [-0.3, -0.25) is 0 Å². The topological polar surface area (TPSA) is 50.9 Å². The Balaban J connectivity index is 2.28. The predicted molar refractivity (Wildman–Crippen MR) is 63.0 cm³/mol. The van der Waals surface area contributed by atoms with Crippen molar-refractivity contribution in [3.63, 3.8) is 0 Å². The number of alkyl halides is 3. The first kappa shape index (κ1) is 13.1. The highest BCUT2D eigenvalue weighted by molar-refractivity contribution is 5.48. The van der Waals surface area contributed by atoms with Crippen molar-refractivity contribution < 1.29 is 13.2 Å². The van der Waals surface area contributed by atoms with E-state index in [2.05, 4.69) is 10.3 Å². The zero-order chi connectivity index (χ0) is 13.4. The smallest absolute Gasteiger partial charge is 0.363 e. The van der Waals surface area contributed by atoms with Crippen molar-refractivity contribution in [3.05, 3.63) is 23.9 Å². The van der Waals surface area contributed by atoms with E-state index in [1.54, 1.807) is 0 Å². The van der Waals surface area contributed by atoms with Gasteiger partial charge in [-0.2, -0.15) is 13.2 Å². The molecule has 18 heavy (non-hydrogen) atoms. The SMILES string of the molecule is CC(CN)(Nc1ncccc1C(F)(F)F)C1CC1. The van der Waals surface area contributed by atoms with E-state index in [4.69, 9.17) is 5.73 Å². The second kappa shape index (κ2) is 4.42. The van der Waals surface area contributed by atoms with Crippen molar-refractivity contribution in [2.75, 3.05) is 11.9 Å². The summed E-state index contributed by atoms with van der Waals surface area (Å²) in [6.45, 7) is 2.13. The summed E-state index contributed by atoms with van der Waals surface area (Å²) in [6.07, 6.45) is -1.07. The van der Waals surface area contributed by atoms with Crippen LogP contribution in [0.4, 0.5) is 19.0 Å². The summed E-state index contributed by atoms with van der Waals surface area (Å²) in [5, 5.41) is 2.89. The number of nitrogens with zero attached hydrogens (tertiary/aromatic N) is 1. The van der Waals surface area contributed by atoms with Gasteiger partial charge in [0.05, 0.1) is 11.1 Å². The molecule has 1 aromatic heterocycles. The lowest BCUT2D eigenvalue weighted by Crippen LogP contribution is -2.45. The number of anilines is 1. The molecule has 0 spiro atoms. The minimum absolute atomic E-state index is 0.134. The lowest BCUT2D eigenvalue weighted by atomic mass is 9.95. The standard InChI is InChI=1S/C12H16F3N3/c1-11(7-16,8-4-5-8)18-10-9(12(13,14)15)3-2-6-17-10/h2-3,6,8H,4-5,7,16H2,1H3,(H,17,18). The Labute approximate surface area is 104 Å². The van der Waals surface area contributed by atoms with Crippen molar-refractivity contribution in [1.29, 1.82) is 0 Å². The maximum atomic E-state index is 12.8. The fourth-order valence-electron chi connectivity index (χ4n) is 2.04. The molecule has 0 saturated heterocycles. The van der Waals surface area contributed by atoms with Gasteiger partial charge in [0.25, 0.3) is 0 Å². The lowest BCUT2D eigenvalue weighted by molar-refractivity contribution is -0.137. The fraction of sp³-hybridized carbons (Fsp3) is 0.583. The molecular formula is C12H16F3N3. The monoisotopic (exact) mass is 259 g/mol. The normalized spacial score (nSPS) is 19.4. The molecule has 2 rings (SSSR count). The van der Waals surface area contributed by atoms with E-state index in [0.717, 1.165) is 18.9 Å². The summed E-state index contributed by atoms with van der Waals surface area (Å²) < 4.78 is 38.5. The Morgan fingerprint density at radius 2 is 2.11 bits per heavy atom. The Morgan fingerprint density at radius 1 is 1.44 bits per heavy atom. The molecule has 1 saturated carbocycles.